The lowest BCUT2D eigenvalue weighted by atomic mass is 9.79. The molecule has 0 aromatic carbocycles. The van der Waals surface area contributed by atoms with E-state index < -0.39 is 9.84 Å². The van der Waals surface area contributed by atoms with E-state index in [1.807, 2.05) is 0 Å². The van der Waals surface area contributed by atoms with Crippen LogP contribution in [-0.2, 0) is 9.84 Å². The summed E-state index contributed by atoms with van der Waals surface area (Å²) in [6.07, 6.45) is 7.75. The van der Waals surface area contributed by atoms with Crippen LogP contribution in [0.1, 0.15) is 45.4 Å². The van der Waals surface area contributed by atoms with Crippen molar-refractivity contribution >= 4 is 9.84 Å². The van der Waals surface area contributed by atoms with Crippen molar-refractivity contribution in [3.8, 4) is 0 Å². The Labute approximate surface area is 98.9 Å². The Hall–Kier alpha value is -0.130. The van der Waals surface area contributed by atoms with Crippen molar-refractivity contribution in [2.45, 2.75) is 51.5 Å². The topological polar surface area (TPSA) is 72.2 Å². The number of nitrogens with one attached hydrogen (secondary N) is 1. The summed E-state index contributed by atoms with van der Waals surface area (Å²) in [6, 6.07) is 0.247. The van der Waals surface area contributed by atoms with E-state index in [4.69, 9.17) is 5.84 Å². The molecule has 1 fully saturated rings. The molecule has 96 valence electrons. The van der Waals surface area contributed by atoms with Crippen LogP contribution in [0.15, 0.2) is 0 Å². The van der Waals surface area contributed by atoms with Gasteiger partial charge in [0.1, 0.15) is 9.84 Å². The molecule has 0 aromatic rings. The minimum atomic E-state index is -2.84. The molecule has 1 atom stereocenters. The van der Waals surface area contributed by atoms with Crippen molar-refractivity contribution in [3.63, 3.8) is 0 Å². The number of hydrogen-bond donors (Lipinski definition) is 2. The maximum Gasteiger partial charge on any atom is 0.147 e. The van der Waals surface area contributed by atoms with Gasteiger partial charge >= 0.3 is 0 Å². The van der Waals surface area contributed by atoms with Crippen molar-refractivity contribution in [1.29, 1.82) is 0 Å². The van der Waals surface area contributed by atoms with E-state index in [1.54, 1.807) is 0 Å². The summed E-state index contributed by atoms with van der Waals surface area (Å²) in [5.41, 5.74) is 3.13. The van der Waals surface area contributed by atoms with Gasteiger partial charge in [-0.2, -0.15) is 0 Å². The van der Waals surface area contributed by atoms with Crippen molar-refractivity contribution in [3.05, 3.63) is 0 Å². The molecule has 1 aliphatic rings. The van der Waals surface area contributed by atoms with Crippen molar-refractivity contribution in [1.82, 2.24) is 5.43 Å². The average Bonchev–Trinajstić information content (AvgIpc) is 2.59. The summed E-state index contributed by atoms with van der Waals surface area (Å²) < 4.78 is 22.1. The third kappa shape index (κ3) is 4.03. The average molecular weight is 248 g/mol. The third-order valence-electron chi connectivity index (χ3n) is 3.80. The Morgan fingerprint density at radius 3 is 2.38 bits per heavy atom. The van der Waals surface area contributed by atoms with Crippen LogP contribution in [0.2, 0.25) is 0 Å². The molecule has 0 amide bonds. The van der Waals surface area contributed by atoms with E-state index >= 15 is 0 Å². The fourth-order valence-electron chi connectivity index (χ4n) is 2.71. The second kappa shape index (κ2) is 5.47. The van der Waals surface area contributed by atoms with E-state index in [-0.39, 0.29) is 17.2 Å². The van der Waals surface area contributed by atoms with Gasteiger partial charge in [0.05, 0.1) is 0 Å². The van der Waals surface area contributed by atoms with E-state index in [0.717, 1.165) is 6.42 Å². The smallest absolute Gasteiger partial charge is 0.147 e. The fraction of sp³-hybridized carbons (Fsp3) is 1.00. The van der Waals surface area contributed by atoms with Crippen molar-refractivity contribution < 1.29 is 8.42 Å². The molecule has 1 unspecified atom stereocenters. The van der Waals surface area contributed by atoms with Crippen LogP contribution in [-0.4, -0.2) is 26.5 Å². The van der Waals surface area contributed by atoms with Crippen LogP contribution < -0.4 is 11.3 Å². The van der Waals surface area contributed by atoms with E-state index in [2.05, 4.69) is 12.3 Å². The lowest BCUT2D eigenvalue weighted by molar-refractivity contribution is 0.210. The molecule has 0 saturated heterocycles. The van der Waals surface area contributed by atoms with Gasteiger partial charge in [0, 0.05) is 18.1 Å². The number of hydrogen-bond acceptors (Lipinski definition) is 4. The van der Waals surface area contributed by atoms with Gasteiger partial charge < -0.3 is 0 Å². The highest BCUT2D eigenvalue weighted by molar-refractivity contribution is 7.90. The normalized spacial score (nSPS) is 22.2. The van der Waals surface area contributed by atoms with Crippen LogP contribution in [0.5, 0.6) is 0 Å². The van der Waals surface area contributed by atoms with Crippen LogP contribution in [0, 0.1) is 5.41 Å². The zero-order chi connectivity index (χ0) is 12.2. The van der Waals surface area contributed by atoms with Crippen LogP contribution in [0.3, 0.4) is 0 Å². The molecule has 0 spiro atoms. The highest BCUT2D eigenvalue weighted by Crippen LogP contribution is 2.41. The number of nitrogens with two attached hydrogens (primary N) is 1. The van der Waals surface area contributed by atoms with Gasteiger partial charge in [0.2, 0.25) is 0 Å². The Balaban J connectivity index is 2.43. The zero-order valence-corrected chi connectivity index (χ0v) is 11.1. The maximum atomic E-state index is 11.1. The Morgan fingerprint density at radius 1 is 1.38 bits per heavy atom. The fourth-order valence-corrected chi connectivity index (χ4v) is 3.40. The summed E-state index contributed by atoms with van der Waals surface area (Å²) >= 11 is 0. The van der Waals surface area contributed by atoms with E-state index in [1.165, 1.54) is 31.9 Å². The first-order valence-electron chi connectivity index (χ1n) is 6.01. The molecule has 5 heteroatoms. The molecule has 1 rings (SSSR count). The Bertz CT molecular complexity index is 308. The molecular formula is C11H24N2O2S. The van der Waals surface area contributed by atoms with Gasteiger partial charge in [-0.25, -0.2) is 8.42 Å². The summed E-state index contributed by atoms with van der Waals surface area (Å²) in [5.74, 6) is 5.85. The monoisotopic (exact) mass is 248 g/mol. The van der Waals surface area contributed by atoms with Crippen molar-refractivity contribution in [2.75, 3.05) is 12.0 Å². The van der Waals surface area contributed by atoms with Crippen LogP contribution >= 0.6 is 0 Å². The Kier molecular flexibility index (Phi) is 4.76. The second-order valence-electron chi connectivity index (χ2n) is 5.35. The molecule has 0 bridgehead atoms. The first kappa shape index (κ1) is 13.9. The van der Waals surface area contributed by atoms with E-state index in [0.29, 0.717) is 6.42 Å². The molecule has 4 nitrogen and oxygen atoms in total. The van der Waals surface area contributed by atoms with Crippen LogP contribution in [0.4, 0.5) is 0 Å². The molecule has 0 heterocycles. The molecular weight excluding hydrogens is 224 g/mol. The summed E-state index contributed by atoms with van der Waals surface area (Å²) in [5, 5.41) is 0. The maximum absolute atomic E-state index is 11.1. The molecule has 16 heavy (non-hydrogen) atoms. The third-order valence-corrected chi connectivity index (χ3v) is 4.83. The largest absolute Gasteiger partial charge is 0.271 e. The van der Waals surface area contributed by atoms with Crippen LogP contribution in [0.25, 0.3) is 0 Å². The molecule has 1 aliphatic carbocycles. The molecule has 0 aromatic heterocycles. The molecule has 3 N–H and O–H groups in total. The standard InChI is InChI=1S/C11H24N2O2S/c1-11(7-3-4-8-11)10(13-12)6-5-9-16(2,14)15/h10,13H,3-9,12H2,1-2H3. The number of rotatable bonds is 6. The minimum Gasteiger partial charge on any atom is -0.271 e. The molecule has 0 radical (unpaired) electrons. The summed E-state index contributed by atoms with van der Waals surface area (Å²) in [7, 11) is -2.84. The first-order valence-corrected chi connectivity index (χ1v) is 8.07. The van der Waals surface area contributed by atoms with Gasteiger partial charge in [-0.1, -0.05) is 19.8 Å². The predicted octanol–water partition coefficient (Wildman–Crippen LogP) is 1.22. The predicted molar refractivity (Wildman–Crippen MR) is 66.6 cm³/mol. The number of sulfone groups is 1. The van der Waals surface area contributed by atoms with Gasteiger partial charge in [-0.05, 0) is 31.1 Å². The van der Waals surface area contributed by atoms with Gasteiger partial charge in [-0.15, -0.1) is 0 Å². The number of hydrazine groups is 1. The molecule has 0 aliphatic heterocycles. The second-order valence-corrected chi connectivity index (χ2v) is 7.61. The highest BCUT2D eigenvalue weighted by Gasteiger charge is 2.35. The SMILES string of the molecule is CC1(C(CCCS(C)(=O)=O)NN)CCCC1. The van der Waals surface area contributed by atoms with Gasteiger partial charge in [0.15, 0.2) is 0 Å². The minimum absolute atomic E-state index is 0.247. The van der Waals surface area contributed by atoms with Gasteiger partial charge in [0.25, 0.3) is 0 Å². The highest BCUT2D eigenvalue weighted by atomic mass is 32.2. The summed E-state index contributed by atoms with van der Waals surface area (Å²) in [6.45, 7) is 2.25. The lowest BCUT2D eigenvalue weighted by Crippen LogP contribution is -2.46. The lowest BCUT2D eigenvalue weighted by Gasteiger charge is -2.33. The van der Waals surface area contributed by atoms with E-state index in [9.17, 15) is 8.42 Å². The quantitative estimate of drug-likeness (QED) is 0.548. The zero-order valence-electron chi connectivity index (χ0n) is 10.3. The Morgan fingerprint density at radius 2 is 1.94 bits per heavy atom. The van der Waals surface area contributed by atoms with Crippen molar-refractivity contribution in [2.24, 2.45) is 11.3 Å². The molecule has 1 saturated carbocycles. The van der Waals surface area contributed by atoms with Gasteiger partial charge in [-0.3, -0.25) is 11.3 Å². The first-order chi connectivity index (χ1) is 7.37. The summed E-state index contributed by atoms with van der Waals surface area (Å²) in [4.78, 5) is 0.